The third-order valence-electron chi connectivity index (χ3n) is 3.56. The van der Waals surface area contributed by atoms with Gasteiger partial charge in [-0.25, -0.2) is 4.98 Å². The Balaban J connectivity index is 1.70. The molecule has 4 heteroatoms. The van der Waals surface area contributed by atoms with E-state index in [1.807, 2.05) is 29.6 Å². The molecule has 0 saturated heterocycles. The van der Waals surface area contributed by atoms with Gasteiger partial charge in [0.05, 0.1) is 5.60 Å². The maximum Gasteiger partial charge on any atom is 0.123 e. The van der Waals surface area contributed by atoms with Crippen molar-refractivity contribution in [1.82, 2.24) is 4.98 Å². The largest absolute Gasteiger partial charge is 0.491 e. The van der Waals surface area contributed by atoms with E-state index in [9.17, 15) is 5.11 Å². The quantitative estimate of drug-likeness (QED) is 0.928. The minimum Gasteiger partial charge on any atom is -0.491 e. The Labute approximate surface area is 116 Å². The minimum absolute atomic E-state index is 0.383. The van der Waals surface area contributed by atoms with E-state index < -0.39 is 5.60 Å². The Hall–Kier alpha value is -1.39. The van der Waals surface area contributed by atoms with Gasteiger partial charge in [-0.05, 0) is 25.0 Å². The van der Waals surface area contributed by atoms with Crippen LogP contribution >= 0.6 is 11.3 Å². The van der Waals surface area contributed by atoms with Crippen molar-refractivity contribution in [2.75, 3.05) is 6.61 Å². The maximum atomic E-state index is 10.3. The molecule has 0 unspecified atom stereocenters. The molecule has 1 aromatic carbocycles. The summed E-state index contributed by atoms with van der Waals surface area (Å²) in [6.45, 7) is 0.383. The van der Waals surface area contributed by atoms with E-state index in [0.29, 0.717) is 6.61 Å². The van der Waals surface area contributed by atoms with Gasteiger partial charge < -0.3 is 9.84 Å². The van der Waals surface area contributed by atoms with Crippen LogP contribution in [0.1, 0.15) is 25.7 Å². The van der Waals surface area contributed by atoms with Gasteiger partial charge in [-0.3, -0.25) is 0 Å². The zero-order valence-electron chi connectivity index (χ0n) is 10.7. The SMILES string of the molecule is OC1(COc2cccc(-c3nccs3)c2)CCCC1. The fraction of sp³-hybridized carbons (Fsp3) is 0.400. The Morgan fingerprint density at radius 3 is 2.89 bits per heavy atom. The van der Waals surface area contributed by atoms with Crippen LogP contribution in [0.25, 0.3) is 10.6 Å². The van der Waals surface area contributed by atoms with Crippen molar-refractivity contribution in [1.29, 1.82) is 0 Å². The monoisotopic (exact) mass is 275 g/mol. The van der Waals surface area contributed by atoms with E-state index >= 15 is 0 Å². The number of aliphatic hydroxyl groups is 1. The van der Waals surface area contributed by atoms with Gasteiger partial charge in [0.2, 0.25) is 0 Å². The summed E-state index contributed by atoms with van der Waals surface area (Å²) in [4.78, 5) is 4.29. The number of benzene rings is 1. The van der Waals surface area contributed by atoms with E-state index in [1.165, 1.54) is 0 Å². The van der Waals surface area contributed by atoms with Crippen LogP contribution < -0.4 is 4.74 Å². The summed E-state index contributed by atoms with van der Waals surface area (Å²) in [5.74, 6) is 0.799. The molecule has 0 radical (unpaired) electrons. The highest BCUT2D eigenvalue weighted by atomic mass is 32.1. The van der Waals surface area contributed by atoms with Crippen LogP contribution in [0.15, 0.2) is 35.8 Å². The molecule has 19 heavy (non-hydrogen) atoms. The smallest absolute Gasteiger partial charge is 0.123 e. The number of hydrogen-bond acceptors (Lipinski definition) is 4. The molecule has 1 aromatic heterocycles. The molecule has 0 aliphatic heterocycles. The lowest BCUT2D eigenvalue weighted by Crippen LogP contribution is -2.32. The molecule has 3 nitrogen and oxygen atoms in total. The molecule has 0 spiro atoms. The summed E-state index contributed by atoms with van der Waals surface area (Å²) >= 11 is 1.61. The Morgan fingerprint density at radius 1 is 1.32 bits per heavy atom. The van der Waals surface area contributed by atoms with Crippen molar-refractivity contribution < 1.29 is 9.84 Å². The third kappa shape index (κ3) is 2.96. The number of nitrogens with zero attached hydrogens (tertiary/aromatic N) is 1. The lowest BCUT2D eigenvalue weighted by molar-refractivity contribution is 0.00142. The summed E-state index contributed by atoms with van der Waals surface area (Å²) in [7, 11) is 0. The lowest BCUT2D eigenvalue weighted by atomic mass is 10.0. The minimum atomic E-state index is -0.628. The van der Waals surface area contributed by atoms with Crippen LogP contribution in [0.2, 0.25) is 0 Å². The summed E-state index contributed by atoms with van der Waals surface area (Å²) in [6.07, 6.45) is 5.69. The maximum absolute atomic E-state index is 10.3. The highest BCUT2D eigenvalue weighted by Gasteiger charge is 2.31. The Kier molecular flexibility index (Phi) is 3.53. The molecule has 0 amide bonds. The zero-order valence-corrected chi connectivity index (χ0v) is 11.5. The Morgan fingerprint density at radius 2 is 2.16 bits per heavy atom. The molecule has 1 aliphatic carbocycles. The lowest BCUT2D eigenvalue weighted by Gasteiger charge is -2.22. The molecular weight excluding hydrogens is 258 g/mol. The molecule has 100 valence electrons. The molecule has 2 aromatic rings. The number of thiazole rings is 1. The normalized spacial score (nSPS) is 17.5. The molecule has 1 saturated carbocycles. The fourth-order valence-electron chi connectivity index (χ4n) is 2.48. The highest BCUT2D eigenvalue weighted by molar-refractivity contribution is 7.13. The second kappa shape index (κ2) is 5.31. The summed E-state index contributed by atoms with van der Waals surface area (Å²) in [5.41, 5.74) is 0.433. The molecule has 3 rings (SSSR count). The molecule has 0 bridgehead atoms. The standard InChI is InChI=1S/C15H17NO2S/c17-15(6-1-2-7-15)11-18-13-5-3-4-12(10-13)14-16-8-9-19-14/h3-5,8-10,17H,1-2,6-7,11H2. The van der Waals surface area contributed by atoms with Crippen molar-refractivity contribution in [2.24, 2.45) is 0 Å². The van der Waals surface area contributed by atoms with Crippen LogP contribution in [0.4, 0.5) is 0 Å². The van der Waals surface area contributed by atoms with Crippen LogP contribution in [-0.2, 0) is 0 Å². The van der Waals surface area contributed by atoms with Gasteiger partial charge in [-0.2, -0.15) is 0 Å². The first-order chi connectivity index (χ1) is 9.25. The van der Waals surface area contributed by atoms with Crippen molar-refractivity contribution in [2.45, 2.75) is 31.3 Å². The van der Waals surface area contributed by atoms with E-state index in [1.54, 1.807) is 17.5 Å². The zero-order chi connectivity index (χ0) is 13.1. The topological polar surface area (TPSA) is 42.4 Å². The molecule has 0 atom stereocenters. The van der Waals surface area contributed by atoms with E-state index in [4.69, 9.17) is 4.74 Å². The molecule has 1 N–H and O–H groups in total. The first kappa shape index (κ1) is 12.6. The second-order valence-corrected chi connectivity index (χ2v) is 5.98. The van der Waals surface area contributed by atoms with Crippen LogP contribution in [0.3, 0.4) is 0 Å². The number of hydrogen-bond donors (Lipinski definition) is 1. The predicted octanol–water partition coefficient (Wildman–Crippen LogP) is 3.49. The van der Waals surface area contributed by atoms with Crippen LogP contribution in [-0.4, -0.2) is 22.3 Å². The summed E-state index contributed by atoms with van der Waals surface area (Å²) in [5, 5.41) is 13.2. The van der Waals surface area contributed by atoms with Crippen LogP contribution in [0.5, 0.6) is 5.75 Å². The second-order valence-electron chi connectivity index (χ2n) is 5.09. The summed E-state index contributed by atoms with van der Waals surface area (Å²) in [6, 6.07) is 7.90. The van der Waals surface area contributed by atoms with Gasteiger partial charge in [0.1, 0.15) is 17.4 Å². The van der Waals surface area contributed by atoms with Crippen molar-refractivity contribution in [3.63, 3.8) is 0 Å². The first-order valence-corrected chi connectivity index (χ1v) is 7.48. The van der Waals surface area contributed by atoms with Gasteiger partial charge in [-0.1, -0.05) is 25.0 Å². The summed E-state index contributed by atoms with van der Waals surface area (Å²) < 4.78 is 5.76. The van der Waals surface area contributed by atoms with E-state index in [-0.39, 0.29) is 0 Å². The predicted molar refractivity (Wildman–Crippen MR) is 76.5 cm³/mol. The number of aromatic nitrogens is 1. The number of rotatable bonds is 4. The van der Waals surface area contributed by atoms with Crippen molar-refractivity contribution in [3.05, 3.63) is 35.8 Å². The molecular formula is C15H17NO2S. The average molecular weight is 275 g/mol. The van der Waals surface area contributed by atoms with Gasteiger partial charge in [0, 0.05) is 17.1 Å². The van der Waals surface area contributed by atoms with Crippen molar-refractivity contribution in [3.8, 4) is 16.3 Å². The van der Waals surface area contributed by atoms with E-state index in [0.717, 1.165) is 42.0 Å². The number of ether oxygens (including phenoxy) is 1. The van der Waals surface area contributed by atoms with E-state index in [2.05, 4.69) is 4.98 Å². The van der Waals surface area contributed by atoms with Crippen molar-refractivity contribution >= 4 is 11.3 Å². The van der Waals surface area contributed by atoms with Gasteiger partial charge in [0.25, 0.3) is 0 Å². The van der Waals surface area contributed by atoms with Gasteiger partial charge in [-0.15, -0.1) is 11.3 Å². The first-order valence-electron chi connectivity index (χ1n) is 6.60. The fourth-order valence-corrected chi connectivity index (χ4v) is 3.12. The molecule has 1 heterocycles. The third-order valence-corrected chi connectivity index (χ3v) is 4.38. The van der Waals surface area contributed by atoms with Gasteiger partial charge in [0.15, 0.2) is 0 Å². The molecule has 1 fully saturated rings. The van der Waals surface area contributed by atoms with Gasteiger partial charge >= 0.3 is 0 Å². The molecule has 1 aliphatic rings. The van der Waals surface area contributed by atoms with Crippen LogP contribution in [0, 0.1) is 0 Å². The Bertz CT molecular complexity index is 533. The average Bonchev–Trinajstić information content (AvgIpc) is 3.09. The highest BCUT2D eigenvalue weighted by Crippen LogP contribution is 2.31.